The molecule has 0 N–H and O–H groups in total. The molecule has 1 heterocycles. The van der Waals surface area contributed by atoms with Gasteiger partial charge in [0.2, 0.25) is 0 Å². The molecule has 0 aromatic heterocycles. The molecule has 0 aliphatic carbocycles. The minimum atomic E-state index is -0.168. The highest BCUT2D eigenvalue weighted by molar-refractivity contribution is 6.22. The zero-order valence-corrected chi connectivity index (χ0v) is 11.3. The van der Waals surface area contributed by atoms with Crippen LogP contribution in [0.4, 0.5) is 0 Å². The summed E-state index contributed by atoms with van der Waals surface area (Å²) in [6.07, 6.45) is 0.910. The fourth-order valence-electron chi connectivity index (χ4n) is 2.15. The number of fused-ring (bicyclic) bond motifs is 1. The van der Waals surface area contributed by atoms with Gasteiger partial charge in [-0.15, -0.1) is 11.6 Å². The van der Waals surface area contributed by atoms with Crippen LogP contribution >= 0.6 is 11.6 Å². The minimum Gasteiger partial charge on any atom is -0.490 e. The summed E-state index contributed by atoms with van der Waals surface area (Å²) in [5.74, 6) is 1.59. The van der Waals surface area contributed by atoms with Gasteiger partial charge in [0, 0.05) is 6.42 Å². The molecule has 19 heavy (non-hydrogen) atoms. The highest BCUT2D eigenvalue weighted by Crippen LogP contribution is 2.36. The summed E-state index contributed by atoms with van der Waals surface area (Å²) < 4.78 is 11.3. The molecular formula is C16H15ClO2. The van der Waals surface area contributed by atoms with Gasteiger partial charge in [-0.3, -0.25) is 0 Å². The van der Waals surface area contributed by atoms with Crippen LogP contribution in [0.15, 0.2) is 48.5 Å². The van der Waals surface area contributed by atoms with Crippen LogP contribution in [-0.4, -0.2) is 13.2 Å². The molecule has 0 saturated heterocycles. The molecule has 0 saturated carbocycles. The molecule has 1 atom stereocenters. The summed E-state index contributed by atoms with van der Waals surface area (Å²) in [7, 11) is 0. The first kappa shape index (κ1) is 12.4. The lowest BCUT2D eigenvalue weighted by atomic mass is 10.0. The van der Waals surface area contributed by atoms with E-state index in [4.69, 9.17) is 21.1 Å². The van der Waals surface area contributed by atoms with Crippen molar-refractivity contribution in [3.8, 4) is 11.5 Å². The zero-order chi connectivity index (χ0) is 13.1. The molecule has 2 nitrogen and oxygen atoms in total. The fraction of sp³-hybridized carbons (Fsp3) is 0.250. The largest absolute Gasteiger partial charge is 0.490 e. The second-order valence-corrected chi connectivity index (χ2v) is 4.97. The summed E-state index contributed by atoms with van der Waals surface area (Å²) in [6, 6.07) is 15.9. The molecule has 0 amide bonds. The lowest BCUT2D eigenvalue weighted by molar-refractivity contribution is 0.297. The third-order valence-electron chi connectivity index (χ3n) is 3.16. The second kappa shape index (κ2) is 5.54. The molecule has 1 aliphatic rings. The third-order valence-corrected chi connectivity index (χ3v) is 3.66. The summed E-state index contributed by atoms with van der Waals surface area (Å²) in [4.78, 5) is 0. The smallest absolute Gasteiger partial charge is 0.161 e. The van der Waals surface area contributed by atoms with Gasteiger partial charge in [0.15, 0.2) is 11.5 Å². The van der Waals surface area contributed by atoms with Gasteiger partial charge in [-0.1, -0.05) is 36.4 Å². The van der Waals surface area contributed by atoms with Crippen LogP contribution in [0.2, 0.25) is 0 Å². The molecule has 3 rings (SSSR count). The van der Waals surface area contributed by atoms with E-state index in [9.17, 15) is 0 Å². The average Bonchev–Trinajstić information content (AvgIpc) is 2.72. The number of alkyl halides is 1. The van der Waals surface area contributed by atoms with Crippen molar-refractivity contribution in [2.75, 3.05) is 13.2 Å². The normalized spacial score (nSPS) is 15.6. The Morgan fingerprint density at radius 2 is 1.58 bits per heavy atom. The molecular weight excluding hydrogens is 260 g/mol. The molecule has 3 heteroatoms. The van der Waals surface area contributed by atoms with Crippen LogP contribution in [0.1, 0.15) is 22.9 Å². The van der Waals surface area contributed by atoms with E-state index >= 15 is 0 Å². The average molecular weight is 275 g/mol. The lowest BCUT2D eigenvalue weighted by Crippen LogP contribution is -1.97. The molecule has 0 radical (unpaired) electrons. The maximum absolute atomic E-state index is 6.52. The van der Waals surface area contributed by atoms with Crippen LogP contribution in [0.5, 0.6) is 11.5 Å². The first-order valence-corrected chi connectivity index (χ1v) is 6.87. The van der Waals surface area contributed by atoms with Crippen molar-refractivity contribution in [1.82, 2.24) is 0 Å². The second-order valence-electron chi connectivity index (χ2n) is 4.53. The van der Waals surface area contributed by atoms with Gasteiger partial charge in [0.05, 0.1) is 18.6 Å². The maximum Gasteiger partial charge on any atom is 0.161 e. The molecule has 0 spiro atoms. The van der Waals surface area contributed by atoms with Crippen molar-refractivity contribution >= 4 is 11.6 Å². The fourth-order valence-corrected chi connectivity index (χ4v) is 2.43. The van der Waals surface area contributed by atoms with Crippen molar-refractivity contribution in [3.05, 3.63) is 59.7 Å². The van der Waals surface area contributed by atoms with Gasteiger partial charge in [-0.2, -0.15) is 0 Å². The zero-order valence-electron chi connectivity index (χ0n) is 10.5. The van der Waals surface area contributed by atoms with Crippen molar-refractivity contribution in [1.29, 1.82) is 0 Å². The Labute approximate surface area is 117 Å². The SMILES string of the molecule is ClC(c1ccccc1)c1ccc2c(c1)OCCCO2. The highest BCUT2D eigenvalue weighted by atomic mass is 35.5. The van der Waals surface area contributed by atoms with Crippen molar-refractivity contribution in [2.45, 2.75) is 11.8 Å². The van der Waals surface area contributed by atoms with Gasteiger partial charge in [-0.25, -0.2) is 0 Å². The summed E-state index contributed by atoms with van der Waals surface area (Å²) in [5, 5.41) is -0.168. The van der Waals surface area contributed by atoms with Crippen LogP contribution in [0, 0.1) is 0 Å². The molecule has 2 aromatic rings. The van der Waals surface area contributed by atoms with Crippen molar-refractivity contribution in [3.63, 3.8) is 0 Å². The number of rotatable bonds is 2. The summed E-state index contributed by atoms with van der Waals surface area (Å²) in [6.45, 7) is 1.39. The molecule has 1 unspecified atom stereocenters. The first-order valence-electron chi connectivity index (χ1n) is 6.43. The Morgan fingerprint density at radius 1 is 0.842 bits per heavy atom. The first-order chi connectivity index (χ1) is 9.34. The van der Waals surface area contributed by atoms with Crippen LogP contribution in [0.25, 0.3) is 0 Å². The van der Waals surface area contributed by atoms with Gasteiger partial charge in [-0.05, 0) is 23.3 Å². The summed E-state index contributed by atoms with van der Waals surface area (Å²) in [5.41, 5.74) is 2.11. The Morgan fingerprint density at radius 3 is 2.37 bits per heavy atom. The number of ether oxygens (including phenoxy) is 2. The maximum atomic E-state index is 6.52. The lowest BCUT2D eigenvalue weighted by Gasteiger charge is -2.13. The van der Waals surface area contributed by atoms with E-state index in [1.165, 1.54) is 0 Å². The molecule has 0 fully saturated rings. The minimum absolute atomic E-state index is 0.168. The van der Waals surface area contributed by atoms with E-state index < -0.39 is 0 Å². The van der Waals surface area contributed by atoms with Gasteiger partial charge >= 0.3 is 0 Å². The van der Waals surface area contributed by atoms with Gasteiger partial charge < -0.3 is 9.47 Å². The molecule has 2 aromatic carbocycles. The molecule has 0 bridgehead atoms. The third kappa shape index (κ3) is 2.69. The highest BCUT2D eigenvalue weighted by Gasteiger charge is 2.15. The van der Waals surface area contributed by atoms with E-state index in [1.54, 1.807) is 0 Å². The topological polar surface area (TPSA) is 18.5 Å². The predicted octanol–water partition coefficient (Wildman–Crippen LogP) is 4.18. The van der Waals surface area contributed by atoms with E-state index in [2.05, 4.69) is 0 Å². The Hall–Kier alpha value is -1.67. The van der Waals surface area contributed by atoms with E-state index in [0.29, 0.717) is 13.2 Å². The molecule has 1 aliphatic heterocycles. The van der Waals surface area contributed by atoms with Crippen molar-refractivity contribution in [2.24, 2.45) is 0 Å². The number of hydrogen-bond acceptors (Lipinski definition) is 2. The standard InChI is InChI=1S/C16H15ClO2/c17-16(12-5-2-1-3-6-12)13-7-8-14-15(11-13)19-10-4-9-18-14/h1-3,5-8,11,16H,4,9-10H2. The van der Waals surface area contributed by atoms with E-state index in [1.807, 2.05) is 48.5 Å². The Bertz CT molecular complexity index is 554. The van der Waals surface area contributed by atoms with Crippen LogP contribution in [0.3, 0.4) is 0 Å². The Balaban J connectivity index is 1.91. The van der Waals surface area contributed by atoms with Gasteiger partial charge in [0.1, 0.15) is 0 Å². The quantitative estimate of drug-likeness (QED) is 0.765. The van der Waals surface area contributed by atoms with Crippen molar-refractivity contribution < 1.29 is 9.47 Å². The van der Waals surface area contributed by atoms with E-state index in [-0.39, 0.29) is 5.38 Å². The number of benzene rings is 2. The monoisotopic (exact) mass is 274 g/mol. The van der Waals surface area contributed by atoms with Gasteiger partial charge in [0.25, 0.3) is 0 Å². The van der Waals surface area contributed by atoms with E-state index in [0.717, 1.165) is 29.0 Å². The molecule has 98 valence electrons. The van der Waals surface area contributed by atoms with Crippen LogP contribution < -0.4 is 9.47 Å². The van der Waals surface area contributed by atoms with Crippen LogP contribution in [-0.2, 0) is 0 Å². The predicted molar refractivity (Wildman–Crippen MR) is 76.2 cm³/mol. The Kier molecular flexibility index (Phi) is 3.60. The number of halogens is 1. The number of hydrogen-bond donors (Lipinski definition) is 0. The summed E-state index contributed by atoms with van der Waals surface area (Å²) >= 11 is 6.52.